The number of aromatic nitrogens is 1. The summed E-state index contributed by atoms with van der Waals surface area (Å²) in [6, 6.07) is 36.0. The number of carbonyl (C=O) groups is 3. The van der Waals surface area contributed by atoms with Gasteiger partial charge >= 0.3 is 6.03 Å². The number of anilines is 1. The van der Waals surface area contributed by atoms with E-state index in [1.165, 1.54) is 0 Å². The SMILES string of the molecule is CCOc1ccc(-n2c(-c3ccccc3)cc(/C=C3/C(=O)NC(=O)N(c4ccc(C(C)C)cc4)C3=O)c2-c2ccccc2)cc1. The van der Waals surface area contributed by atoms with Gasteiger partial charge in [-0.1, -0.05) is 86.6 Å². The van der Waals surface area contributed by atoms with Crippen molar-refractivity contribution in [1.29, 1.82) is 0 Å². The average molecular weight is 596 g/mol. The molecule has 0 aliphatic carbocycles. The van der Waals surface area contributed by atoms with Crippen molar-refractivity contribution in [2.75, 3.05) is 11.5 Å². The Morgan fingerprint density at radius 3 is 1.96 bits per heavy atom. The third-order valence-electron chi connectivity index (χ3n) is 7.77. The molecule has 224 valence electrons. The molecule has 45 heavy (non-hydrogen) atoms. The number of nitrogens with one attached hydrogen (secondary N) is 1. The molecule has 4 amide bonds. The summed E-state index contributed by atoms with van der Waals surface area (Å²) in [7, 11) is 0. The van der Waals surface area contributed by atoms with E-state index in [1.807, 2.05) is 110 Å². The molecule has 1 N–H and O–H groups in total. The number of imide groups is 2. The van der Waals surface area contributed by atoms with Crippen molar-refractivity contribution >= 4 is 29.6 Å². The van der Waals surface area contributed by atoms with Crippen LogP contribution in [0.4, 0.5) is 10.5 Å². The third-order valence-corrected chi connectivity index (χ3v) is 7.77. The fourth-order valence-corrected chi connectivity index (χ4v) is 5.53. The van der Waals surface area contributed by atoms with Gasteiger partial charge in [-0.05, 0) is 78.1 Å². The Labute approximate surface area is 262 Å². The summed E-state index contributed by atoms with van der Waals surface area (Å²) >= 11 is 0. The molecular formula is C38H33N3O4. The van der Waals surface area contributed by atoms with E-state index in [0.29, 0.717) is 17.9 Å². The fourth-order valence-electron chi connectivity index (χ4n) is 5.53. The maximum absolute atomic E-state index is 13.9. The molecule has 1 fully saturated rings. The van der Waals surface area contributed by atoms with Crippen LogP contribution in [0.25, 0.3) is 34.3 Å². The van der Waals surface area contributed by atoms with Crippen LogP contribution in [0.1, 0.15) is 37.8 Å². The number of carbonyl (C=O) groups excluding carboxylic acids is 3. The Morgan fingerprint density at radius 2 is 1.36 bits per heavy atom. The van der Waals surface area contributed by atoms with E-state index in [2.05, 4.69) is 23.7 Å². The summed E-state index contributed by atoms with van der Waals surface area (Å²) in [4.78, 5) is 41.1. The summed E-state index contributed by atoms with van der Waals surface area (Å²) in [5.41, 5.74) is 6.36. The minimum atomic E-state index is -0.778. The van der Waals surface area contributed by atoms with E-state index in [1.54, 1.807) is 18.2 Å². The van der Waals surface area contributed by atoms with Crippen molar-refractivity contribution in [3.05, 3.63) is 132 Å². The molecule has 1 saturated heterocycles. The van der Waals surface area contributed by atoms with Gasteiger partial charge in [0, 0.05) is 11.3 Å². The van der Waals surface area contributed by atoms with Crippen LogP contribution in [0.3, 0.4) is 0 Å². The minimum Gasteiger partial charge on any atom is -0.494 e. The van der Waals surface area contributed by atoms with Gasteiger partial charge in [-0.3, -0.25) is 14.9 Å². The second-order valence-corrected chi connectivity index (χ2v) is 11.0. The van der Waals surface area contributed by atoms with Crippen molar-refractivity contribution in [3.8, 4) is 34.0 Å². The maximum atomic E-state index is 13.9. The first-order chi connectivity index (χ1) is 21.9. The number of ether oxygens (including phenoxy) is 1. The minimum absolute atomic E-state index is 0.136. The van der Waals surface area contributed by atoms with Gasteiger partial charge in [0.15, 0.2) is 0 Å². The highest BCUT2D eigenvalue weighted by molar-refractivity contribution is 6.39. The molecule has 0 spiro atoms. The predicted molar refractivity (Wildman–Crippen MR) is 177 cm³/mol. The smallest absolute Gasteiger partial charge is 0.335 e. The number of rotatable bonds is 8. The monoisotopic (exact) mass is 595 g/mol. The lowest BCUT2D eigenvalue weighted by molar-refractivity contribution is -0.122. The molecule has 5 aromatic rings. The van der Waals surface area contributed by atoms with Gasteiger partial charge in [0.05, 0.1) is 23.7 Å². The third kappa shape index (κ3) is 5.80. The molecule has 1 aliphatic heterocycles. The normalized spacial score (nSPS) is 14.3. The lowest BCUT2D eigenvalue weighted by atomic mass is 10.0. The van der Waals surface area contributed by atoms with Gasteiger partial charge in [0.1, 0.15) is 11.3 Å². The van der Waals surface area contributed by atoms with E-state index in [9.17, 15) is 14.4 Å². The first-order valence-corrected chi connectivity index (χ1v) is 15.0. The van der Waals surface area contributed by atoms with Crippen LogP contribution in [0.15, 0.2) is 121 Å². The van der Waals surface area contributed by atoms with Gasteiger partial charge in [-0.25, -0.2) is 9.69 Å². The predicted octanol–water partition coefficient (Wildman–Crippen LogP) is 8.00. The number of hydrogen-bond donors (Lipinski definition) is 1. The highest BCUT2D eigenvalue weighted by atomic mass is 16.5. The van der Waals surface area contributed by atoms with Crippen LogP contribution in [-0.2, 0) is 9.59 Å². The quantitative estimate of drug-likeness (QED) is 0.146. The van der Waals surface area contributed by atoms with E-state index < -0.39 is 17.8 Å². The molecule has 0 radical (unpaired) electrons. The van der Waals surface area contributed by atoms with Gasteiger partial charge in [0.25, 0.3) is 11.8 Å². The largest absolute Gasteiger partial charge is 0.494 e. The Bertz CT molecular complexity index is 1890. The number of benzene rings is 4. The first kappa shape index (κ1) is 29.4. The number of hydrogen-bond acceptors (Lipinski definition) is 4. The Balaban J connectivity index is 1.55. The number of barbiturate groups is 1. The van der Waals surface area contributed by atoms with Crippen molar-refractivity contribution < 1.29 is 19.1 Å². The summed E-state index contributed by atoms with van der Waals surface area (Å²) in [6.07, 6.45) is 1.58. The van der Waals surface area contributed by atoms with E-state index in [-0.39, 0.29) is 11.5 Å². The molecule has 0 saturated carbocycles. The van der Waals surface area contributed by atoms with Gasteiger partial charge < -0.3 is 9.30 Å². The molecule has 0 unspecified atom stereocenters. The number of urea groups is 1. The highest BCUT2D eigenvalue weighted by Crippen LogP contribution is 2.38. The van der Waals surface area contributed by atoms with Crippen LogP contribution in [0.2, 0.25) is 0 Å². The lowest BCUT2D eigenvalue weighted by Gasteiger charge is -2.26. The summed E-state index contributed by atoms with van der Waals surface area (Å²) in [6.45, 7) is 6.64. The zero-order valence-corrected chi connectivity index (χ0v) is 25.4. The Kier molecular flexibility index (Phi) is 8.16. The average Bonchev–Trinajstić information content (AvgIpc) is 3.44. The zero-order valence-electron chi connectivity index (χ0n) is 25.4. The fraction of sp³-hybridized carbons (Fsp3) is 0.132. The molecule has 4 aromatic carbocycles. The molecule has 0 atom stereocenters. The second kappa shape index (κ2) is 12.5. The van der Waals surface area contributed by atoms with Crippen molar-refractivity contribution in [2.24, 2.45) is 0 Å². The van der Waals surface area contributed by atoms with Crippen LogP contribution in [-0.4, -0.2) is 29.0 Å². The van der Waals surface area contributed by atoms with Crippen LogP contribution < -0.4 is 15.0 Å². The van der Waals surface area contributed by atoms with E-state index in [4.69, 9.17) is 4.74 Å². The van der Waals surface area contributed by atoms with Crippen molar-refractivity contribution in [2.45, 2.75) is 26.7 Å². The van der Waals surface area contributed by atoms with Gasteiger partial charge in [-0.15, -0.1) is 0 Å². The molecule has 7 nitrogen and oxygen atoms in total. The zero-order chi connectivity index (χ0) is 31.5. The molecule has 6 rings (SSSR count). The van der Waals surface area contributed by atoms with Crippen LogP contribution >= 0.6 is 0 Å². The van der Waals surface area contributed by atoms with E-state index >= 15 is 0 Å². The topological polar surface area (TPSA) is 80.6 Å². The molecule has 1 aromatic heterocycles. The molecule has 2 heterocycles. The molecule has 0 bridgehead atoms. The van der Waals surface area contributed by atoms with E-state index in [0.717, 1.165) is 44.4 Å². The first-order valence-electron chi connectivity index (χ1n) is 15.0. The summed E-state index contributed by atoms with van der Waals surface area (Å²) in [5.74, 6) is -0.380. The molecule has 1 aliphatic rings. The van der Waals surface area contributed by atoms with Crippen molar-refractivity contribution in [3.63, 3.8) is 0 Å². The van der Waals surface area contributed by atoms with Crippen molar-refractivity contribution in [1.82, 2.24) is 9.88 Å². The summed E-state index contributed by atoms with van der Waals surface area (Å²) < 4.78 is 7.81. The molecular weight excluding hydrogens is 562 g/mol. The Morgan fingerprint density at radius 1 is 0.756 bits per heavy atom. The van der Waals surface area contributed by atoms with Gasteiger partial charge in [0.2, 0.25) is 0 Å². The number of nitrogens with zero attached hydrogens (tertiary/aromatic N) is 2. The maximum Gasteiger partial charge on any atom is 0.335 e. The lowest BCUT2D eigenvalue weighted by Crippen LogP contribution is -2.54. The highest BCUT2D eigenvalue weighted by Gasteiger charge is 2.37. The second-order valence-electron chi connectivity index (χ2n) is 11.0. The standard InChI is InChI=1S/C38H33N3O4/c1-4-45-32-21-19-30(20-22-32)40-34(27-11-7-5-8-12-27)24-29(35(40)28-13-9-6-10-14-28)23-33-36(42)39-38(44)41(37(33)43)31-17-15-26(16-18-31)25(2)3/h5-25H,4H2,1-3H3,(H,39,42,44)/b33-23-. The van der Waals surface area contributed by atoms with Crippen LogP contribution in [0.5, 0.6) is 5.75 Å². The summed E-state index contributed by atoms with van der Waals surface area (Å²) in [5, 5.41) is 2.37. The van der Waals surface area contributed by atoms with Gasteiger partial charge in [-0.2, -0.15) is 0 Å². The number of amides is 4. The molecule has 7 heteroatoms. The Hall–Kier alpha value is -5.69. The van der Waals surface area contributed by atoms with Crippen LogP contribution in [0, 0.1) is 0 Å².